The molecule has 25 heavy (non-hydrogen) atoms. The number of hydrogen-bond acceptors (Lipinski definition) is 4. The molecule has 1 atom stereocenters. The molecular formula is C18H30N6O. The van der Waals surface area contributed by atoms with E-state index in [-0.39, 0.29) is 12.1 Å². The molecule has 0 saturated carbocycles. The molecule has 1 aromatic heterocycles. The molecule has 2 rings (SSSR count). The number of amides is 2. The number of fused-ring (bicyclic) bond motifs is 1. The van der Waals surface area contributed by atoms with Crippen molar-refractivity contribution in [1.82, 2.24) is 24.9 Å². The normalized spacial score (nSPS) is 15.4. The predicted octanol–water partition coefficient (Wildman–Crippen LogP) is 2.18. The van der Waals surface area contributed by atoms with Gasteiger partial charge in [-0.1, -0.05) is 13.8 Å². The highest BCUT2D eigenvalue weighted by atomic mass is 16.2. The summed E-state index contributed by atoms with van der Waals surface area (Å²) in [5.41, 5.74) is 1.35. The lowest BCUT2D eigenvalue weighted by Crippen LogP contribution is -2.43. The SMILES string of the molecule is CCN(CC)CCC[C@H](C)NC(=O)N1CCCn2nc(C#N)cc2C1. The van der Waals surface area contributed by atoms with Gasteiger partial charge in [0.1, 0.15) is 6.07 Å². The zero-order chi connectivity index (χ0) is 18.2. The summed E-state index contributed by atoms with van der Waals surface area (Å²) in [5.74, 6) is 0. The summed E-state index contributed by atoms with van der Waals surface area (Å²) in [6.45, 7) is 11.6. The molecular weight excluding hydrogens is 316 g/mol. The second-order valence-electron chi connectivity index (χ2n) is 6.65. The minimum atomic E-state index is -0.0245. The standard InChI is InChI=1S/C18H30N6O/c1-4-22(5-2)9-6-8-15(3)20-18(25)23-10-7-11-24-17(14-23)12-16(13-19)21-24/h12,15H,4-11,14H2,1-3H3,(H,20,25)/t15-/m0/s1. The molecule has 0 bridgehead atoms. The average molecular weight is 346 g/mol. The van der Waals surface area contributed by atoms with Crippen LogP contribution in [0.15, 0.2) is 6.07 Å². The third-order valence-electron chi connectivity index (χ3n) is 4.79. The van der Waals surface area contributed by atoms with Gasteiger partial charge in [0.05, 0.1) is 12.2 Å². The first-order valence-corrected chi connectivity index (χ1v) is 9.32. The topological polar surface area (TPSA) is 77.2 Å². The highest BCUT2D eigenvalue weighted by molar-refractivity contribution is 5.74. The number of aryl methyl sites for hydroxylation is 1. The van der Waals surface area contributed by atoms with Crippen molar-refractivity contribution < 1.29 is 4.79 Å². The molecule has 7 nitrogen and oxygen atoms in total. The molecule has 1 aliphatic heterocycles. The highest BCUT2D eigenvalue weighted by Gasteiger charge is 2.21. The molecule has 0 aliphatic carbocycles. The number of nitrogens with zero attached hydrogens (tertiary/aromatic N) is 5. The van der Waals surface area contributed by atoms with E-state index in [0.717, 1.165) is 51.1 Å². The molecule has 2 heterocycles. The number of hydrogen-bond donors (Lipinski definition) is 1. The van der Waals surface area contributed by atoms with Crippen molar-refractivity contribution in [1.29, 1.82) is 5.26 Å². The van der Waals surface area contributed by atoms with Crippen LogP contribution in [0.1, 0.15) is 51.4 Å². The second kappa shape index (κ2) is 9.42. The molecule has 1 aliphatic rings. The molecule has 0 unspecified atom stereocenters. The minimum Gasteiger partial charge on any atom is -0.336 e. The van der Waals surface area contributed by atoms with E-state index >= 15 is 0 Å². The van der Waals surface area contributed by atoms with Crippen LogP contribution in [0.25, 0.3) is 0 Å². The summed E-state index contributed by atoms with van der Waals surface area (Å²) < 4.78 is 1.85. The van der Waals surface area contributed by atoms with Gasteiger partial charge in [0, 0.05) is 19.1 Å². The first kappa shape index (κ1) is 19.3. The fraction of sp³-hybridized carbons (Fsp3) is 0.722. The Balaban J connectivity index is 1.82. The lowest BCUT2D eigenvalue weighted by molar-refractivity contribution is 0.191. The zero-order valence-corrected chi connectivity index (χ0v) is 15.7. The maximum absolute atomic E-state index is 12.6. The quantitative estimate of drug-likeness (QED) is 0.821. The van der Waals surface area contributed by atoms with E-state index in [9.17, 15) is 4.79 Å². The Morgan fingerprint density at radius 3 is 2.88 bits per heavy atom. The van der Waals surface area contributed by atoms with Gasteiger partial charge in [-0.25, -0.2) is 4.79 Å². The number of carbonyl (C=O) groups excluding carboxylic acids is 1. The fourth-order valence-electron chi connectivity index (χ4n) is 3.23. The largest absolute Gasteiger partial charge is 0.336 e. The fourth-order valence-corrected chi connectivity index (χ4v) is 3.23. The Morgan fingerprint density at radius 1 is 1.44 bits per heavy atom. The average Bonchev–Trinajstić information content (AvgIpc) is 2.89. The maximum Gasteiger partial charge on any atom is 0.317 e. The van der Waals surface area contributed by atoms with Crippen LogP contribution in [0.2, 0.25) is 0 Å². The van der Waals surface area contributed by atoms with E-state index in [1.165, 1.54) is 0 Å². The predicted molar refractivity (Wildman–Crippen MR) is 97.0 cm³/mol. The van der Waals surface area contributed by atoms with Crippen LogP contribution in [0.4, 0.5) is 4.79 Å². The molecule has 0 radical (unpaired) electrons. The van der Waals surface area contributed by atoms with Crippen molar-refractivity contribution in [2.24, 2.45) is 0 Å². The lowest BCUT2D eigenvalue weighted by Gasteiger charge is -2.24. The van der Waals surface area contributed by atoms with Gasteiger partial charge >= 0.3 is 6.03 Å². The molecule has 0 spiro atoms. The summed E-state index contributed by atoms with van der Waals surface area (Å²) in [6.07, 6.45) is 2.91. The summed E-state index contributed by atoms with van der Waals surface area (Å²) >= 11 is 0. The van der Waals surface area contributed by atoms with Gasteiger partial charge in [-0.15, -0.1) is 0 Å². The monoisotopic (exact) mass is 346 g/mol. The Morgan fingerprint density at radius 2 is 2.20 bits per heavy atom. The molecule has 0 fully saturated rings. The number of aromatic nitrogens is 2. The van der Waals surface area contributed by atoms with E-state index < -0.39 is 0 Å². The Hall–Kier alpha value is -2.07. The van der Waals surface area contributed by atoms with Crippen LogP contribution in [0.3, 0.4) is 0 Å². The Bertz CT molecular complexity index is 601. The first-order valence-electron chi connectivity index (χ1n) is 9.32. The first-order chi connectivity index (χ1) is 12.1. The van der Waals surface area contributed by atoms with Crippen molar-refractivity contribution in [3.8, 4) is 6.07 Å². The summed E-state index contributed by atoms with van der Waals surface area (Å²) in [7, 11) is 0. The molecule has 7 heteroatoms. The van der Waals surface area contributed by atoms with Crippen molar-refractivity contribution in [3.63, 3.8) is 0 Å². The van der Waals surface area contributed by atoms with Crippen molar-refractivity contribution in [2.75, 3.05) is 26.2 Å². The van der Waals surface area contributed by atoms with Crippen LogP contribution in [0, 0.1) is 11.3 Å². The van der Waals surface area contributed by atoms with Crippen molar-refractivity contribution in [2.45, 2.75) is 59.2 Å². The number of nitriles is 1. The molecule has 0 saturated heterocycles. The lowest BCUT2D eigenvalue weighted by atomic mass is 10.2. The number of nitrogens with one attached hydrogen (secondary N) is 1. The van der Waals surface area contributed by atoms with Gasteiger partial charge in [-0.3, -0.25) is 4.68 Å². The zero-order valence-electron chi connectivity index (χ0n) is 15.7. The molecule has 1 N–H and O–H groups in total. The molecule has 138 valence electrons. The van der Waals surface area contributed by atoms with Gasteiger partial charge in [-0.05, 0) is 51.9 Å². The van der Waals surface area contributed by atoms with E-state index in [2.05, 4.69) is 42.2 Å². The van der Waals surface area contributed by atoms with Crippen LogP contribution < -0.4 is 5.32 Å². The summed E-state index contributed by atoms with van der Waals surface area (Å²) in [6, 6.07) is 3.98. The van der Waals surface area contributed by atoms with Crippen LogP contribution in [0.5, 0.6) is 0 Å². The molecule has 1 aromatic rings. The Labute approximate surface area is 150 Å². The van der Waals surface area contributed by atoms with E-state index in [0.29, 0.717) is 18.8 Å². The summed E-state index contributed by atoms with van der Waals surface area (Å²) in [4.78, 5) is 16.8. The van der Waals surface area contributed by atoms with Gasteiger partial charge in [0.15, 0.2) is 5.69 Å². The molecule has 2 amide bonds. The van der Waals surface area contributed by atoms with Crippen molar-refractivity contribution in [3.05, 3.63) is 17.5 Å². The van der Waals surface area contributed by atoms with Crippen LogP contribution in [-0.4, -0.2) is 57.8 Å². The number of rotatable bonds is 7. The maximum atomic E-state index is 12.6. The van der Waals surface area contributed by atoms with Gasteiger partial charge in [-0.2, -0.15) is 10.4 Å². The Kier molecular flexibility index (Phi) is 7.26. The second-order valence-corrected chi connectivity index (χ2v) is 6.65. The molecule has 0 aromatic carbocycles. The van der Waals surface area contributed by atoms with Crippen molar-refractivity contribution >= 4 is 6.03 Å². The highest BCUT2D eigenvalue weighted by Crippen LogP contribution is 2.14. The minimum absolute atomic E-state index is 0.0245. The smallest absolute Gasteiger partial charge is 0.317 e. The van der Waals surface area contributed by atoms with E-state index in [1.807, 2.05) is 9.58 Å². The van der Waals surface area contributed by atoms with Gasteiger partial charge in [0.2, 0.25) is 0 Å². The van der Waals surface area contributed by atoms with Gasteiger partial charge in [0.25, 0.3) is 0 Å². The van der Waals surface area contributed by atoms with Crippen LogP contribution >= 0.6 is 0 Å². The number of carbonyl (C=O) groups is 1. The number of urea groups is 1. The van der Waals surface area contributed by atoms with E-state index in [1.54, 1.807) is 6.07 Å². The summed E-state index contributed by atoms with van der Waals surface area (Å²) in [5, 5.41) is 16.3. The van der Waals surface area contributed by atoms with E-state index in [4.69, 9.17) is 5.26 Å². The van der Waals surface area contributed by atoms with Crippen LogP contribution in [-0.2, 0) is 13.1 Å². The third-order valence-corrected chi connectivity index (χ3v) is 4.79. The third kappa shape index (κ3) is 5.46. The van der Waals surface area contributed by atoms with Gasteiger partial charge < -0.3 is 15.1 Å².